The summed E-state index contributed by atoms with van der Waals surface area (Å²) in [6.45, 7) is 1.42. The number of anilines is 1. The number of carbonyl (C=O) groups is 3. The highest BCUT2D eigenvalue weighted by atomic mass is 32.2. The fourth-order valence-corrected chi connectivity index (χ4v) is 4.14. The van der Waals surface area contributed by atoms with Gasteiger partial charge >= 0.3 is 5.97 Å². The Hall–Kier alpha value is -4.18. The van der Waals surface area contributed by atoms with E-state index in [2.05, 4.69) is 25.6 Å². The predicted molar refractivity (Wildman–Crippen MR) is 130 cm³/mol. The van der Waals surface area contributed by atoms with Crippen molar-refractivity contribution < 1.29 is 19.5 Å². The first-order chi connectivity index (χ1) is 16.4. The number of aromatic nitrogens is 3. The van der Waals surface area contributed by atoms with Crippen LogP contribution in [-0.2, 0) is 9.59 Å². The number of nitrogens with zero attached hydrogens (tertiary/aromatic N) is 2. The Balaban J connectivity index is 1.42. The molecule has 0 aliphatic heterocycles. The van der Waals surface area contributed by atoms with Crippen molar-refractivity contribution in [3.63, 3.8) is 0 Å². The highest BCUT2D eigenvalue weighted by molar-refractivity contribution is 7.99. The van der Waals surface area contributed by atoms with Gasteiger partial charge in [0.1, 0.15) is 11.9 Å². The predicted octanol–water partition coefficient (Wildman–Crippen LogP) is 3.56. The van der Waals surface area contributed by atoms with Gasteiger partial charge < -0.3 is 20.7 Å². The van der Waals surface area contributed by atoms with Gasteiger partial charge in [0.15, 0.2) is 0 Å². The first-order valence-corrected chi connectivity index (χ1v) is 11.3. The number of carboxylic acids is 1. The van der Waals surface area contributed by atoms with Gasteiger partial charge in [0.25, 0.3) is 5.91 Å². The van der Waals surface area contributed by atoms with Crippen LogP contribution in [0.4, 0.5) is 5.69 Å². The third-order valence-corrected chi connectivity index (χ3v) is 6.00. The Morgan fingerprint density at radius 1 is 1.06 bits per heavy atom. The summed E-state index contributed by atoms with van der Waals surface area (Å²) in [6, 6.07) is 14.6. The normalized spacial score (nSPS) is 11.7. The molecular weight excluding hydrogens is 454 g/mol. The molecule has 172 valence electrons. The Kier molecular flexibility index (Phi) is 6.88. The van der Waals surface area contributed by atoms with E-state index in [1.807, 2.05) is 12.1 Å². The summed E-state index contributed by atoms with van der Waals surface area (Å²) in [6.07, 6.45) is 3.34. The molecule has 0 bridgehead atoms. The van der Waals surface area contributed by atoms with Crippen LogP contribution in [0, 0.1) is 0 Å². The molecule has 0 aliphatic rings. The standard InChI is InChI=1S/C24H21N5O4S/c1-14(30)26-17-3-5-18(6-4-17)34-13-21(24(32)33)29-23(31)16-2-7-19-20(12-16)28-22(27-19)15-8-10-25-11-9-15/h2-12,21H,13H2,1H3,(H,26,30)(H,27,28)(H,29,31)(H,32,33). The summed E-state index contributed by atoms with van der Waals surface area (Å²) in [7, 11) is 0. The van der Waals surface area contributed by atoms with E-state index in [9.17, 15) is 19.5 Å². The van der Waals surface area contributed by atoms with E-state index in [0.29, 0.717) is 28.1 Å². The average Bonchev–Trinajstić information content (AvgIpc) is 3.26. The van der Waals surface area contributed by atoms with Crippen LogP contribution in [0.2, 0.25) is 0 Å². The number of aliphatic carboxylic acids is 1. The smallest absolute Gasteiger partial charge is 0.327 e. The summed E-state index contributed by atoms with van der Waals surface area (Å²) in [4.78, 5) is 48.1. The molecule has 0 radical (unpaired) electrons. The fraction of sp³-hybridized carbons (Fsp3) is 0.125. The van der Waals surface area contributed by atoms with Crippen LogP contribution in [-0.4, -0.2) is 49.6 Å². The minimum atomic E-state index is -1.13. The van der Waals surface area contributed by atoms with Crippen LogP contribution < -0.4 is 10.6 Å². The first-order valence-electron chi connectivity index (χ1n) is 10.3. The van der Waals surface area contributed by atoms with Crippen LogP contribution in [0.15, 0.2) is 71.9 Å². The first kappa shape index (κ1) is 23.0. The van der Waals surface area contributed by atoms with Gasteiger partial charge in [-0.2, -0.15) is 0 Å². The number of amides is 2. The van der Waals surface area contributed by atoms with Crippen LogP contribution in [0.1, 0.15) is 17.3 Å². The number of benzene rings is 2. The molecule has 2 heterocycles. The van der Waals surface area contributed by atoms with Gasteiger partial charge in [-0.3, -0.25) is 14.6 Å². The molecule has 1 atom stereocenters. The average molecular weight is 476 g/mol. The number of pyridine rings is 1. The maximum atomic E-state index is 12.8. The number of aromatic amines is 1. The van der Waals surface area contributed by atoms with Gasteiger partial charge in [-0.05, 0) is 54.6 Å². The Labute approximate surface area is 199 Å². The number of rotatable bonds is 8. The number of thioether (sulfide) groups is 1. The van der Waals surface area contributed by atoms with E-state index in [1.54, 1.807) is 54.9 Å². The van der Waals surface area contributed by atoms with Crippen LogP contribution in [0.3, 0.4) is 0 Å². The lowest BCUT2D eigenvalue weighted by Gasteiger charge is -2.14. The zero-order valence-corrected chi connectivity index (χ0v) is 18.9. The summed E-state index contributed by atoms with van der Waals surface area (Å²) in [5.41, 5.74) is 3.20. The number of hydrogen-bond donors (Lipinski definition) is 4. The minimum Gasteiger partial charge on any atom is -0.480 e. The molecule has 2 amide bonds. The van der Waals surface area contributed by atoms with Gasteiger partial charge in [-0.25, -0.2) is 9.78 Å². The second-order valence-electron chi connectivity index (χ2n) is 7.43. The Morgan fingerprint density at radius 3 is 2.47 bits per heavy atom. The fourth-order valence-electron chi connectivity index (χ4n) is 3.23. The number of carbonyl (C=O) groups excluding carboxylic acids is 2. The van der Waals surface area contributed by atoms with E-state index >= 15 is 0 Å². The molecule has 2 aromatic heterocycles. The molecule has 0 saturated carbocycles. The molecule has 9 nitrogen and oxygen atoms in total. The quantitative estimate of drug-likeness (QED) is 0.286. The lowest BCUT2D eigenvalue weighted by Crippen LogP contribution is -2.42. The summed E-state index contributed by atoms with van der Waals surface area (Å²) >= 11 is 1.30. The van der Waals surface area contributed by atoms with Crippen LogP contribution >= 0.6 is 11.8 Å². The number of nitrogens with one attached hydrogen (secondary N) is 3. The van der Waals surface area contributed by atoms with Gasteiger partial charge in [0.05, 0.1) is 11.0 Å². The third-order valence-electron chi connectivity index (χ3n) is 4.89. The second kappa shape index (κ2) is 10.2. The van der Waals surface area contributed by atoms with Crippen molar-refractivity contribution in [2.24, 2.45) is 0 Å². The van der Waals surface area contributed by atoms with Crippen molar-refractivity contribution in [1.82, 2.24) is 20.3 Å². The molecule has 10 heteroatoms. The molecular formula is C24H21N5O4S. The molecule has 2 aromatic carbocycles. The van der Waals surface area contributed by atoms with Gasteiger partial charge in [-0.15, -0.1) is 11.8 Å². The maximum absolute atomic E-state index is 12.8. The van der Waals surface area contributed by atoms with E-state index in [1.165, 1.54) is 18.7 Å². The van der Waals surface area contributed by atoms with Gasteiger partial charge in [0, 0.05) is 46.8 Å². The molecule has 4 rings (SSSR count). The van der Waals surface area contributed by atoms with E-state index in [-0.39, 0.29) is 11.7 Å². The highest BCUT2D eigenvalue weighted by Gasteiger charge is 2.21. The SMILES string of the molecule is CC(=O)Nc1ccc(SCC(NC(=O)c2ccc3nc(-c4ccncc4)[nH]c3c2)C(=O)O)cc1. The third kappa shape index (κ3) is 5.59. The number of carboxylic acid groups (broad SMARTS) is 1. The molecule has 0 fully saturated rings. The van der Waals surface area contributed by atoms with Crippen molar-refractivity contribution in [2.45, 2.75) is 17.9 Å². The summed E-state index contributed by atoms with van der Waals surface area (Å²) in [5, 5.41) is 14.9. The molecule has 34 heavy (non-hydrogen) atoms. The van der Waals surface area contributed by atoms with Crippen LogP contribution in [0.5, 0.6) is 0 Å². The number of hydrogen-bond acceptors (Lipinski definition) is 6. The monoisotopic (exact) mass is 475 g/mol. The highest BCUT2D eigenvalue weighted by Crippen LogP contribution is 2.23. The van der Waals surface area contributed by atoms with Crippen molar-refractivity contribution in [1.29, 1.82) is 0 Å². The molecule has 1 unspecified atom stereocenters. The van der Waals surface area contributed by atoms with E-state index < -0.39 is 17.9 Å². The lowest BCUT2D eigenvalue weighted by molar-refractivity contribution is -0.138. The zero-order valence-electron chi connectivity index (χ0n) is 18.1. The number of fused-ring (bicyclic) bond motifs is 1. The molecule has 4 N–H and O–H groups in total. The Morgan fingerprint density at radius 2 is 1.79 bits per heavy atom. The topological polar surface area (TPSA) is 137 Å². The van der Waals surface area contributed by atoms with Crippen LogP contribution in [0.25, 0.3) is 22.4 Å². The van der Waals surface area contributed by atoms with E-state index in [4.69, 9.17) is 0 Å². The summed E-state index contributed by atoms with van der Waals surface area (Å²) in [5.74, 6) is -0.997. The molecule has 0 aliphatic carbocycles. The molecule has 0 spiro atoms. The van der Waals surface area contributed by atoms with Crippen molar-refractivity contribution >= 4 is 46.3 Å². The Bertz CT molecular complexity index is 1340. The second-order valence-corrected chi connectivity index (χ2v) is 8.53. The van der Waals surface area contributed by atoms with Gasteiger partial charge in [0.2, 0.25) is 5.91 Å². The molecule has 0 saturated heterocycles. The maximum Gasteiger partial charge on any atom is 0.327 e. The largest absolute Gasteiger partial charge is 0.480 e. The zero-order chi connectivity index (χ0) is 24.1. The van der Waals surface area contributed by atoms with Crippen molar-refractivity contribution in [3.05, 3.63) is 72.6 Å². The molecule has 4 aromatic rings. The minimum absolute atomic E-state index is 0.138. The van der Waals surface area contributed by atoms with Crippen molar-refractivity contribution in [3.8, 4) is 11.4 Å². The number of imidazole rings is 1. The lowest BCUT2D eigenvalue weighted by atomic mass is 10.2. The van der Waals surface area contributed by atoms with Gasteiger partial charge in [-0.1, -0.05) is 0 Å². The summed E-state index contributed by atoms with van der Waals surface area (Å²) < 4.78 is 0. The van der Waals surface area contributed by atoms with E-state index in [0.717, 1.165) is 10.5 Å². The van der Waals surface area contributed by atoms with Crippen molar-refractivity contribution in [2.75, 3.05) is 11.1 Å². The number of H-pyrrole nitrogens is 1.